The van der Waals surface area contributed by atoms with Gasteiger partial charge in [0.2, 0.25) is 0 Å². The molecule has 38 heavy (non-hydrogen) atoms. The van der Waals surface area contributed by atoms with Crippen molar-refractivity contribution in [3.05, 3.63) is 105 Å². The number of allylic oxidation sites excluding steroid dienone is 1. The number of urea groups is 1. The molecule has 7 nitrogen and oxygen atoms in total. The van der Waals surface area contributed by atoms with Crippen LogP contribution in [0.5, 0.6) is 11.5 Å². The number of ether oxygens (including phenoxy) is 2. The topological polar surface area (TPSA) is 84.9 Å². The Morgan fingerprint density at radius 3 is 2.47 bits per heavy atom. The van der Waals surface area contributed by atoms with Gasteiger partial charge in [0.1, 0.15) is 18.0 Å². The zero-order valence-corrected chi connectivity index (χ0v) is 21.6. The number of methoxy groups -OCH3 is 1. The quantitative estimate of drug-likeness (QED) is 0.206. The van der Waals surface area contributed by atoms with E-state index in [1.807, 2.05) is 0 Å². The van der Waals surface area contributed by atoms with Crippen LogP contribution >= 0.6 is 23.2 Å². The number of benzene rings is 3. The molecule has 3 aromatic carbocycles. The summed E-state index contributed by atoms with van der Waals surface area (Å²) in [6.07, 6.45) is 3.34. The van der Waals surface area contributed by atoms with Crippen LogP contribution in [0.25, 0.3) is 6.08 Å². The Hall–Kier alpha value is -4.14. The van der Waals surface area contributed by atoms with Crippen molar-refractivity contribution in [3.8, 4) is 11.5 Å². The SMILES string of the molecule is C=CCc1cc(/C=C2\C(=O)NC(=O)N(c3ccc(Cl)c(Cl)c3)C2=O)cc(OC)c1OCc1ccccc1F. The fourth-order valence-corrected chi connectivity index (χ4v) is 4.13. The van der Waals surface area contributed by atoms with E-state index in [4.69, 9.17) is 32.7 Å². The Labute approximate surface area is 228 Å². The van der Waals surface area contributed by atoms with Crippen LogP contribution < -0.4 is 19.7 Å². The Bertz CT molecular complexity index is 1490. The summed E-state index contributed by atoms with van der Waals surface area (Å²) in [6.45, 7) is 3.72. The van der Waals surface area contributed by atoms with Crippen LogP contribution in [-0.4, -0.2) is 25.0 Å². The van der Waals surface area contributed by atoms with E-state index >= 15 is 0 Å². The van der Waals surface area contributed by atoms with Crippen LogP contribution in [0.2, 0.25) is 10.0 Å². The van der Waals surface area contributed by atoms with Crippen LogP contribution in [0.4, 0.5) is 14.9 Å². The van der Waals surface area contributed by atoms with Gasteiger partial charge in [0.05, 0.1) is 22.8 Å². The third-order valence-corrected chi connectivity index (χ3v) is 6.38. The first kappa shape index (κ1) is 26.9. The van der Waals surface area contributed by atoms with E-state index in [0.717, 1.165) is 4.90 Å². The summed E-state index contributed by atoms with van der Waals surface area (Å²) in [5.74, 6) is -1.44. The van der Waals surface area contributed by atoms with E-state index < -0.39 is 23.7 Å². The van der Waals surface area contributed by atoms with Gasteiger partial charge in [-0.05, 0) is 54.5 Å². The Kier molecular flexibility index (Phi) is 8.14. The van der Waals surface area contributed by atoms with Gasteiger partial charge in [0.25, 0.3) is 11.8 Å². The molecule has 3 aromatic rings. The molecule has 1 N–H and O–H groups in total. The van der Waals surface area contributed by atoms with Gasteiger partial charge in [-0.3, -0.25) is 14.9 Å². The summed E-state index contributed by atoms with van der Waals surface area (Å²) in [5, 5.41) is 2.54. The molecule has 0 unspecified atom stereocenters. The first-order valence-corrected chi connectivity index (χ1v) is 12.0. The number of hydrogen-bond acceptors (Lipinski definition) is 5. The van der Waals surface area contributed by atoms with Gasteiger partial charge < -0.3 is 9.47 Å². The number of amides is 4. The van der Waals surface area contributed by atoms with Gasteiger partial charge >= 0.3 is 6.03 Å². The average molecular weight is 555 g/mol. The minimum atomic E-state index is -0.919. The van der Waals surface area contributed by atoms with Crippen LogP contribution in [0.1, 0.15) is 16.7 Å². The minimum absolute atomic E-state index is 0.0464. The van der Waals surface area contributed by atoms with E-state index in [1.165, 1.54) is 37.5 Å². The molecule has 0 saturated carbocycles. The molecular formula is C28H21Cl2FN2O5. The molecule has 194 valence electrons. The summed E-state index contributed by atoms with van der Waals surface area (Å²) in [4.78, 5) is 39.2. The van der Waals surface area contributed by atoms with Crippen molar-refractivity contribution in [1.29, 1.82) is 0 Å². The highest BCUT2D eigenvalue weighted by Gasteiger charge is 2.37. The van der Waals surface area contributed by atoms with Crippen molar-refractivity contribution in [2.75, 3.05) is 12.0 Å². The lowest BCUT2D eigenvalue weighted by molar-refractivity contribution is -0.122. The molecule has 1 heterocycles. The van der Waals surface area contributed by atoms with Crippen LogP contribution in [0.3, 0.4) is 0 Å². The van der Waals surface area contributed by atoms with Gasteiger partial charge in [0.15, 0.2) is 11.5 Å². The Morgan fingerprint density at radius 2 is 1.79 bits per heavy atom. The number of nitrogens with zero attached hydrogens (tertiary/aromatic N) is 1. The number of hydrogen-bond donors (Lipinski definition) is 1. The summed E-state index contributed by atoms with van der Waals surface area (Å²) in [5.41, 5.74) is 1.27. The maximum Gasteiger partial charge on any atom is 0.335 e. The molecule has 0 spiro atoms. The number of imide groups is 2. The second kappa shape index (κ2) is 11.5. The van der Waals surface area contributed by atoms with Crippen LogP contribution in [-0.2, 0) is 22.6 Å². The molecule has 1 aliphatic heterocycles. The second-order valence-corrected chi connectivity index (χ2v) is 8.95. The van der Waals surface area contributed by atoms with Crippen molar-refractivity contribution in [2.45, 2.75) is 13.0 Å². The molecule has 10 heteroatoms. The zero-order valence-electron chi connectivity index (χ0n) is 20.1. The van der Waals surface area contributed by atoms with E-state index in [2.05, 4.69) is 11.9 Å². The molecule has 0 aromatic heterocycles. The Morgan fingerprint density at radius 1 is 1.03 bits per heavy atom. The molecule has 4 rings (SSSR count). The molecule has 4 amide bonds. The molecule has 1 fully saturated rings. The Balaban J connectivity index is 1.71. The maximum atomic E-state index is 14.1. The van der Waals surface area contributed by atoms with E-state index in [-0.39, 0.29) is 27.9 Å². The largest absolute Gasteiger partial charge is 0.493 e. The standard InChI is InChI=1S/C28H21Cl2FN2O5/c1-3-6-17-11-16(13-24(37-2)25(17)38-15-18-7-4-5-8-23(18)31)12-20-26(34)32-28(36)33(27(20)35)19-9-10-21(29)22(30)14-19/h3-5,7-14H,1,6,15H2,2H3,(H,32,34,36)/b20-12+. The van der Waals surface area contributed by atoms with Gasteiger partial charge in [-0.1, -0.05) is 47.5 Å². The van der Waals surface area contributed by atoms with Gasteiger partial charge in [0, 0.05) is 11.1 Å². The molecular weight excluding hydrogens is 534 g/mol. The summed E-state index contributed by atoms with van der Waals surface area (Å²) in [6, 6.07) is 12.8. The molecule has 0 atom stereocenters. The van der Waals surface area contributed by atoms with E-state index in [9.17, 15) is 18.8 Å². The number of halogens is 3. The highest BCUT2D eigenvalue weighted by Crippen LogP contribution is 2.36. The fourth-order valence-electron chi connectivity index (χ4n) is 3.84. The van der Waals surface area contributed by atoms with Crippen molar-refractivity contribution < 1.29 is 28.2 Å². The van der Waals surface area contributed by atoms with Crippen molar-refractivity contribution in [1.82, 2.24) is 5.32 Å². The number of barbiturate groups is 1. The highest BCUT2D eigenvalue weighted by atomic mass is 35.5. The van der Waals surface area contributed by atoms with E-state index in [0.29, 0.717) is 34.6 Å². The van der Waals surface area contributed by atoms with E-state index in [1.54, 1.807) is 36.4 Å². The fraction of sp³-hybridized carbons (Fsp3) is 0.107. The number of carbonyl (C=O) groups excluding carboxylic acids is 3. The van der Waals surface area contributed by atoms with Crippen molar-refractivity contribution in [2.24, 2.45) is 0 Å². The monoisotopic (exact) mass is 554 g/mol. The number of carbonyl (C=O) groups is 3. The summed E-state index contributed by atoms with van der Waals surface area (Å²) in [7, 11) is 1.43. The first-order valence-electron chi connectivity index (χ1n) is 11.3. The van der Waals surface area contributed by atoms with Crippen LogP contribution in [0.15, 0.2) is 72.8 Å². The van der Waals surface area contributed by atoms with Gasteiger partial charge in [-0.2, -0.15) is 0 Å². The molecule has 0 aliphatic carbocycles. The van der Waals surface area contributed by atoms with Crippen molar-refractivity contribution in [3.63, 3.8) is 0 Å². The van der Waals surface area contributed by atoms with Gasteiger partial charge in [-0.25, -0.2) is 14.1 Å². The third kappa shape index (κ3) is 5.56. The number of anilines is 1. The smallest absolute Gasteiger partial charge is 0.335 e. The zero-order chi connectivity index (χ0) is 27.4. The normalized spacial score (nSPS) is 14.5. The molecule has 0 bridgehead atoms. The predicted molar refractivity (Wildman–Crippen MR) is 143 cm³/mol. The molecule has 1 saturated heterocycles. The second-order valence-electron chi connectivity index (χ2n) is 8.14. The first-order chi connectivity index (χ1) is 18.2. The third-order valence-electron chi connectivity index (χ3n) is 5.64. The summed E-state index contributed by atoms with van der Waals surface area (Å²) >= 11 is 12.0. The molecule has 0 radical (unpaired) electrons. The predicted octanol–water partition coefficient (Wildman–Crippen LogP) is 6.12. The average Bonchev–Trinajstić information content (AvgIpc) is 2.88. The number of nitrogens with one attached hydrogen (secondary N) is 1. The highest BCUT2D eigenvalue weighted by molar-refractivity contribution is 6.43. The van der Waals surface area contributed by atoms with Gasteiger partial charge in [-0.15, -0.1) is 6.58 Å². The molecule has 1 aliphatic rings. The minimum Gasteiger partial charge on any atom is -0.493 e. The number of rotatable bonds is 8. The maximum absolute atomic E-state index is 14.1. The van der Waals surface area contributed by atoms with Crippen molar-refractivity contribution >= 4 is 52.8 Å². The lowest BCUT2D eigenvalue weighted by atomic mass is 10.0. The lowest BCUT2D eigenvalue weighted by Gasteiger charge is -2.26. The summed E-state index contributed by atoms with van der Waals surface area (Å²) < 4.78 is 25.5. The van der Waals surface area contributed by atoms with Crippen LogP contribution in [0, 0.1) is 5.82 Å². The lowest BCUT2D eigenvalue weighted by Crippen LogP contribution is -2.54.